The third kappa shape index (κ3) is 4.19. The monoisotopic (exact) mass is 262 g/mol. The first kappa shape index (κ1) is 14.9. The van der Waals surface area contributed by atoms with Crippen LogP contribution in [0.2, 0.25) is 0 Å². The Balaban J connectivity index is 4.55. The lowest BCUT2D eigenvalue weighted by molar-refractivity contribution is -0.166. The Morgan fingerprint density at radius 1 is 1.00 bits per heavy atom. The molecule has 0 amide bonds. The van der Waals surface area contributed by atoms with E-state index in [4.69, 9.17) is 0 Å². The van der Waals surface area contributed by atoms with Gasteiger partial charge in [0.1, 0.15) is 0 Å². The zero-order chi connectivity index (χ0) is 13.1. The maximum Gasteiger partial charge on any atom is 0.449 e. The summed E-state index contributed by atoms with van der Waals surface area (Å²) in [5, 5.41) is 0. The van der Waals surface area contributed by atoms with Crippen molar-refractivity contribution in [3.63, 3.8) is 0 Å². The molecule has 0 aromatic rings. The molecule has 0 heterocycles. The van der Waals surface area contributed by atoms with Crippen LogP contribution in [0.3, 0.4) is 0 Å². The van der Waals surface area contributed by atoms with Gasteiger partial charge in [-0.3, -0.25) is 0 Å². The molecule has 0 aromatic carbocycles. The van der Waals surface area contributed by atoms with Crippen LogP contribution in [0.25, 0.3) is 0 Å². The number of halogens is 9. The molecule has 0 saturated heterocycles. The number of ether oxygens (including phenoxy) is 1. The largest absolute Gasteiger partial charge is 0.462 e. The summed E-state index contributed by atoms with van der Waals surface area (Å²) in [7, 11) is 0. The average Bonchev–Trinajstić information content (AvgIpc) is 2.11. The summed E-state index contributed by atoms with van der Waals surface area (Å²) in [5.74, 6) is -8.28. The van der Waals surface area contributed by atoms with Crippen LogP contribution in [-0.2, 0) is 4.74 Å². The van der Waals surface area contributed by atoms with Crippen molar-refractivity contribution in [3.8, 4) is 0 Å². The van der Waals surface area contributed by atoms with Crippen LogP contribution < -0.4 is 0 Å². The minimum atomic E-state index is -5.77. The number of allylic oxidation sites excluding steroid dienone is 1. The first-order chi connectivity index (χ1) is 6.98. The summed E-state index contributed by atoms with van der Waals surface area (Å²) in [4.78, 5) is 0. The number of alkyl halides is 7. The summed E-state index contributed by atoms with van der Waals surface area (Å²) in [5.41, 5.74) is 0. The minimum absolute atomic E-state index is 2.40. The van der Waals surface area contributed by atoms with Crippen LogP contribution in [0.4, 0.5) is 39.5 Å². The highest BCUT2D eigenvalue weighted by Crippen LogP contribution is 2.31. The quantitative estimate of drug-likeness (QED) is 0.555. The lowest BCUT2D eigenvalue weighted by Gasteiger charge is -2.15. The molecule has 0 aliphatic carbocycles. The Labute approximate surface area is 82.5 Å². The normalized spacial score (nSPS) is 15.1. The van der Waals surface area contributed by atoms with Crippen molar-refractivity contribution in [1.29, 1.82) is 0 Å². The van der Waals surface area contributed by atoms with Crippen molar-refractivity contribution < 1.29 is 44.3 Å². The smallest absolute Gasteiger partial charge is 0.449 e. The highest BCUT2D eigenvalue weighted by atomic mass is 19.4. The Bertz CT molecular complexity index is 266. The van der Waals surface area contributed by atoms with Crippen LogP contribution in [0.1, 0.15) is 0 Å². The van der Waals surface area contributed by atoms with Gasteiger partial charge in [0.15, 0.2) is 6.61 Å². The maximum absolute atomic E-state index is 12.1. The van der Waals surface area contributed by atoms with E-state index < -0.39 is 37.0 Å². The highest BCUT2D eigenvalue weighted by molar-refractivity contribution is 5.00. The van der Waals surface area contributed by atoms with Crippen LogP contribution >= 0.6 is 0 Å². The molecule has 0 aliphatic rings. The van der Waals surface area contributed by atoms with E-state index in [0.29, 0.717) is 0 Å². The number of hydrogen-bond acceptors (Lipinski definition) is 1. The second-order valence-electron chi connectivity index (χ2n) is 2.44. The van der Waals surface area contributed by atoms with Crippen LogP contribution in [0.15, 0.2) is 11.8 Å². The highest BCUT2D eigenvalue weighted by Gasteiger charge is 2.44. The van der Waals surface area contributed by atoms with E-state index >= 15 is 0 Å². The molecule has 0 atom stereocenters. The predicted molar refractivity (Wildman–Crippen MR) is 32.2 cm³/mol. The molecule has 0 aliphatic heterocycles. The number of hydrogen-bond donors (Lipinski definition) is 0. The lowest BCUT2D eigenvalue weighted by Crippen LogP contribution is -2.32. The summed E-state index contributed by atoms with van der Waals surface area (Å²) in [6, 6.07) is -3.02. The average molecular weight is 262 g/mol. The predicted octanol–water partition coefficient (Wildman–Crippen LogP) is 3.57. The Morgan fingerprint density at radius 2 is 1.44 bits per heavy atom. The summed E-state index contributed by atoms with van der Waals surface area (Å²) >= 11 is 0. The van der Waals surface area contributed by atoms with Gasteiger partial charge in [0.05, 0.1) is 0 Å². The molecule has 0 aromatic heterocycles. The standard InChI is InChI=1S/C6H3F9O/c7-2(6(13,14)15)3(8)16-1-5(11,12)4(9)10/h4H,1H2. The third-order valence-electron chi connectivity index (χ3n) is 1.13. The fraction of sp³-hybridized carbons (Fsp3) is 0.667. The van der Waals surface area contributed by atoms with Crippen molar-refractivity contribution in [2.24, 2.45) is 0 Å². The topological polar surface area (TPSA) is 9.23 Å². The molecule has 96 valence electrons. The van der Waals surface area contributed by atoms with Crippen LogP contribution in [0, 0.1) is 0 Å². The lowest BCUT2D eigenvalue weighted by atomic mass is 10.4. The van der Waals surface area contributed by atoms with E-state index in [1.807, 2.05) is 0 Å². The minimum Gasteiger partial charge on any atom is -0.462 e. The van der Waals surface area contributed by atoms with E-state index in [1.54, 1.807) is 0 Å². The van der Waals surface area contributed by atoms with Gasteiger partial charge in [-0.2, -0.15) is 30.7 Å². The maximum atomic E-state index is 12.1. The van der Waals surface area contributed by atoms with Gasteiger partial charge in [-0.25, -0.2) is 8.78 Å². The molecule has 0 saturated carbocycles. The molecule has 0 radical (unpaired) electrons. The Morgan fingerprint density at radius 3 is 1.75 bits per heavy atom. The van der Waals surface area contributed by atoms with Gasteiger partial charge in [-0.1, -0.05) is 0 Å². The van der Waals surface area contributed by atoms with Gasteiger partial charge in [0.25, 0.3) is 5.83 Å². The fourth-order valence-corrected chi connectivity index (χ4v) is 0.397. The molecule has 0 rings (SSSR count). The SMILES string of the molecule is FC(OCC(F)(F)C(F)F)=C(F)C(F)(F)F. The third-order valence-corrected chi connectivity index (χ3v) is 1.13. The molecule has 0 bridgehead atoms. The molecule has 0 spiro atoms. The van der Waals surface area contributed by atoms with Gasteiger partial charge in [-0.05, 0) is 0 Å². The first-order valence-electron chi connectivity index (χ1n) is 3.39. The van der Waals surface area contributed by atoms with Crippen molar-refractivity contribution in [2.45, 2.75) is 18.5 Å². The van der Waals surface area contributed by atoms with E-state index in [1.165, 1.54) is 0 Å². The van der Waals surface area contributed by atoms with Gasteiger partial charge >= 0.3 is 24.5 Å². The Hall–Kier alpha value is -1.09. The summed E-state index contributed by atoms with van der Waals surface area (Å²) < 4.78 is 108. The van der Waals surface area contributed by atoms with Gasteiger partial charge in [0.2, 0.25) is 0 Å². The van der Waals surface area contributed by atoms with Crippen molar-refractivity contribution in [3.05, 3.63) is 11.8 Å². The van der Waals surface area contributed by atoms with Crippen molar-refractivity contribution in [2.75, 3.05) is 6.61 Å². The van der Waals surface area contributed by atoms with E-state index in [2.05, 4.69) is 4.74 Å². The van der Waals surface area contributed by atoms with Gasteiger partial charge in [0, 0.05) is 0 Å². The summed E-state index contributed by atoms with van der Waals surface area (Å²) in [6.07, 6.45) is -10.0. The van der Waals surface area contributed by atoms with E-state index in [0.717, 1.165) is 0 Å². The van der Waals surface area contributed by atoms with E-state index in [9.17, 15) is 39.5 Å². The van der Waals surface area contributed by atoms with Crippen LogP contribution in [-0.4, -0.2) is 25.1 Å². The molecule has 16 heavy (non-hydrogen) atoms. The van der Waals surface area contributed by atoms with E-state index in [-0.39, 0.29) is 0 Å². The summed E-state index contributed by atoms with van der Waals surface area (Å²) in [6.45, 7) is -2.40. The van der Waals surface area contributed by atoms with Gasteiger partial charge in [-0.15, -0.1) is 0 Å². The number of rotatable bonds is 4. The zero-order valence-electron chi connectivity index (χ0n) is 7.09. The second-order valence-corrected chi connectivity index (χ2v) is 2.44. The van der Waals surface area contributed by atoms with Gasteiger partial charge < -0.3 is 4.74 Å². The van der Waals surface area contributed by atoms with Crippen LogP contribution in [0.5, 0.6) is 0 Å². The molecular weight excluding hydrogens is 259 g/mol. The van der Waals surface area contributed by atoms with Crippen molar-refractivity contribution in [1.82, 2.24) is 0 Å². The molecule has 0 fully saturated rings. The fourth-order valence-electron chi connectivity index (χ4n) is 0.397. The van der Waals surface area contributed by atoms with Crippen molar-refractivity contribution >= 4 is 0 Å². The molecule has 0 unspecified atom stereocenters. The first-order valence-corrected chi connectivity index (χ1v) is 3.39. The zero-order valence-corrected chi connectivity index (χ0v) is 7.09. The Kier molecular flexibility index (Phi) is 4.50. The molecule has 10 heteroatoms. The molecule has 0 N–H and O–H groups in total. The molecule has 1 nitrogen and oxygen atoms in total. The second kappa shape index (κ2) is 4.83. The molecular formula is C6H3F9O.